The molecule has 1 fully saturated rings. The number of ether oxygens (including phenoxy) is 4. The molecule has 1 aliphatic rings. The SMILES string of the molecule is COc1cc(C(F)(F)C(=O)N2CCC[C@H]2C(=O)OCCCc2ccccc2)cc(OC)c1OC. The molecule has 1 aliphatic heterocycles. The molecule has 1 heterocycles. The fourth-order valence-electron chi connectivity index (χ4n) is 4.01. The van der Waals surface area contributed by atoms with E-state index < -0.39 is 29.4 Å². The van der Waals surface area contributed by atoms with Gasteiger partial charge in [0, 0.05) is 12.1 Å². The number of esters is 1. The lowest BCUT2D eigenvalue weighted by Crippen LogP contribution is -2.47. The molecule has 0 radical (unpaired) electrons. The van der Waals surface area contributed by atoms with Crippen molar-refractivity contribution in [1.82, 2.24) is 4.90 Å². The number of methoxy groups -OCH3 is 3. The Morgan fingerprint density at radius 3 is 2.26 bits per heavy atom. The van der Waals surface area contributed by atoms with Crippen molar-refractivity contribution in [3.63, 3.8) is 0 Å². The summed E-state index contributed by atoms with van der Waals surface area (Å²) in [7, 11) is 3.94. The predicted octanol–water partition coefficient (Wildman–Crippen LogP) is 3.97. The number of likely N-dealkylation sites (tertiary alicyclic amines) is 1. The third kappa shape index (κ3) is 5.40. The average Bonchev–Trinajstić information content (AvgIpc) is 3.35. The van der Waals surface area contributed by atoms with E-state index in [2.05, 4.69) is 0 Å². The van der Waals surface area contributed by atoms with Crippen molar-refractivity contribution in [2.24, 2.45) is 0 Å². The minimum atomic E-state index is -3.91. The zero-order valence-corrected chi connectivity index (χ0v) is 19.5. The van der Waals surface area contributed by atoms with Gasteiger partial charge in [-0.3, -0.25) is 4.79 Å². The Kier molecular flexibility index (Phi) is 8.31. The molecule has 2 aromatic rings. The highest BCUT2D eigenvalue weighted by Crippen LogP contribution is 2.43. The number of hydrogen-bond acceptors (Lipinski definition) is 6. The highest BCUT2D eigenvalue weighted by Gasteiger charge is 2.49. The molecule has 7 nitrogen and oxygen atoms in total. The van der Waals surface area contributed by atoms with Crippen LogP contribution in [0.5, 0.6) is 17.2 Å². The Hall–Kier alpha value is -3.36. The van der Waals surface area contributed by atoms with E-state index in [4.69, 9.17) is 18.9 Å². The number of nitrogens with zero attached hydrogens (tertiary/aromatic N) is 1. The average molecular weight is 478 g/mol. The number of rotatable bonds is 10. The van der Waals surface area contributed by atoms with Crippen LogP contribution in [0.15, 0.2) is 42.5 Å². The summed E-state index contributed by atoms with van der Waals surface area (Å²) in [4.78, 5) is 26.4. The van der Waals surface area contributed by atoms with Crippen LogP contribution in [0, 0.1) is 0 Å². The van der Waals surface area contributed by atoms with Crippen LogP contribution >= 0.6 is 0 Å². The van der Waals surface area contributed by atoms with Crippen LogP contribution in [0.25, 0.3) is 0 Å². The molecule has 1 amide bonds. The number of amides is 1. The Labute approximate surface area is 197 Å². The van der Waals surface area contributed by atoms with E-state index in [1.165, 1.54) is 21.3 Å². The number of benzene rings is 2. The van der Waals surface area contributed by atoms with Gasteiger partial charge in [0.05, 0.1) is 27.9 Å². The van der Waals surface area contributed by atoms with Crippen molar-refractivity contribution in [1.29, 1.82) is 0 Å². The molecule has 34 heavy (non-hydrogen) atoms. The van der Waals surface area contributed by atoms with Gasteiger partial charge in [-0.15, -0.1) is 0 Å². The zero-order chi connectivity index (χ0) is 24.7. The molecule has 0 bridgehead atoms. The second kappa shape index (κ2) is 11.2. The van der Waals surface area contributed by atoms with Gasteiger partial charge in [0.1, 0.15) is 6.04 Å². The zero-order valence-electron chi connectivity index (χ0n) is 19.5. The summed E-state index contributed by atoms with van der Waals surface area (Å²) < 4.78 is 51.3. The van der Waals surface area contributed by atoms with Crippen molar-refractivity contribution in [2.75, 3.05) is 34.5 Å². The molecule has 0 N–H and O–H groups in total. The summed E-state index contributed by atoms with van der Waals surface area (Å²) in [6.45, 7) is 0.193. The van der Waals surface area contributed by atoms with Gasteiger partial charge in [-0.1, -0.05) is 30.3 Å². The first-order valence-corrected chi connectivity index (χ1v) is 11.0. The predicted molar refractivity (Wildman–Crippen MR) is 120 cm³/mol. The fourth-order valence-corrected chi connectivity index (χ4v) is 4.01. The highest BCUT2D eigenvalue weighted by molar-refractivity contribution is 5.90. The van der Waals surface area contributed by atoms with Crippen molar-refractivity contribution >= 4 is 11.9 Å². The van der Waals surface area contributed by atoms with Gasteiger partial charge in [-0.25, -0.2) is 4.79 Å². The lowest BCUT2D eigenvalue weighted by Gasteiger charge is -2.28. The quantitative estimate of drug-likeness (QED) is 0.381. The molecule has 0 spiro atoms. The van der Waals surface area contributed by atoms with Gasteiger partial charge < -0.3 is 23.8 Å². The highest BCUT2D eigenvalue weighted by atomic mass is 19.3. The van der Waals surface area contributed by atoms with E-state index >= 15 is 8.78 Å². The molecule has 0 aliphatic carbocycles. The van der Waals surface area contributed by atoms with Gasteiger partial charge in [0.15, 0.2) is 11.5 Å². The van der Waals surface area contributed by atoms with Crippen LogP contribution in [-0.4, -0.2) is 57.3 Å². The van der Waals surface area contributed by atoms with Gasteiger partial charge in [0.2, 0.25) is 5.75 Å². The van der Waals surface area contributed by atoms with E-state index in [0.717, 1.165) is 29.0 Å². The van der Waals surface area contributed by atoms with Crippen molar-refractivity contribution in [3.05, 3.63) is 53.6 Å². The molecule has 9 heteroatoms. The second-order valence-electron chi connectivity index (χ2n) is 7.90. The monoisotopic (exact) mass is 477 g/mol. The molecular weight excluding hydrogens is 448 g/mol. The molecule has 0 aromatic heterocycles. The number of halogens is 2. The normalized spacial score (nSPS) is 15.7. The van der Waals surface area contributed by atoms with Crippen LogP contribution in [0.3, 0.4) is 0 Å². The molecule has 0 unspecified atom stereocenters. The fraction of sp³-hybridized carbons (Fsp3) is 0.440. The molecular formula is C25H29F2NO6. The Bertz CT molecular complexity index is 973. The number of hydrogen-bond donors (Lipinski definition) is 0. The summed E-state index contributed by atoms with van der Waals surface area (Å²) in [6, 6.07) is 10.8. The molecule has 1 atom stereocenters. The Balaban J connectivity index is 1.69. The lowest BCUT2D eigenvalue weighted by atomic mass is 10.0. The van der Waals surface area contributed by atoms with Crippen LogP contribution in [-0.2, 0) is 26.7 Å². The molecule has 2 aromatic carbocycles. The lowest BCUT2D eigenvalue weighted by molar-refractivity contribution is -0.166. The summed E-state index contributed by atoms with van der Waals surface area (Å²) in [6.07, 6.45) is 2.02. The number of carbonyl (C=O) groups is 2. The number of aryl methyl sites for hydroxylation is 1. The number of carbonyl (C=O) groups excluding carboxylic acids is 2. The first-order valence-electron chi connectivity index (χ1n) is 11.0. The van der Waals surface area contributed by atoms with Crippen LogP contribution in [0.4, 0.5) is 8.78 Å². The molecule has 184 valence electrons. The summed E-state index contributed by atoms with van der Waals surface area (Å²) in [5.41, 5.74) is 0.495. The van der Waals surface area contributed by atoms with Crippen LogP contribution < -0.4 is 14.2 Å². The first kappa shape index (κ1) is 25.3. The van der Waals surface area contributed by atoms with Crippen molar-refractivity contribution < 1.29 is 37.3 Å². The Morgan fingerprint density at radius 1 is 1.03 bits per heavy atom. The van der Waals surface area contributed by atoms with Gasteiger partial charge in [0.25, 0.3) is 5.91 Å². The largest absolute Gasteiger partial charge is 0.493 e. The van der Waals surface area contributed by atoms with Gasteiger partial charge in [-0.2, -0.15) is 8.78 Å². The third-order valence-electron chi connectivity index (χ3n) is 5.78. The molecule has 0 saturated carbocycles. The standard InChI is InChI=1S/C25H29F2NO6/c1-31-20-15-18(16-21(32-2)22(20)33-3)25(26,27)24(30)28-13-7-12-19(28)23(29)34-14-8-11-17-9-5-4-6-10-17/h4-6,9-10,15-16,19H,7-8,11-14H2,1-3H3/t19-/m0/s1. The first-order chi connectivity index (χ1) is 16.3. The van der Waals surface area contributed by atoms with Gasteiger partial charge in [-0.05, 0) is 43.4 Å². The minimum absolute atomic E-state index is 0.000114. The van der Waals surface area contributed by atoms with E-state index in [9.17, 15) is 9.59 Å². The smallest absolute Gasteiger partial charge is 0.350 e. The van der Waals surface area contributed by atoms with Crippen LogP contribution in [0.2, 0.25) is 0 Å². The van der Waals surface area contributed by atoms with Gasteiger partial charge >= 0.3 is 11.9 Å². The van der Waals surface area contributed by atoms with E-state index in [1.54, 1.807) is 0 Å². The van der Waals surface area contributed by atoms with E-state index in [1.807, 2.05) is 30.3 Å². The maximum absolute atomic E-state index is 15.3. The third-order valence-corrected chi connectivity index (χ3v) is 5.78. The molecule has 1 saturated heterocycles. The molecule has 3 rings (SSSR count). The van der Waals surface area contributed by atoms with E-state index in [-0.39, 0.29) is 36.8 Å². The number of alkyl halides is 2. The summed E-state index contributed by atoms with van der Waals surface area (Å²) in [5, 5.41) is 0. The Morgan fingerprint density at radius 2 is 1.68 bits per heavy atom. The van der Waals surface area contributed by atoms with Crippen molar-refractivity contribution in [3.8, 4) is 17.2 Å². The minimum Gasteiger partial charge on any atom is -0.493 e. The van der Waals surface area contributed by atoms with Crippen LogP contribution in [0.1, 0.15) is 30.4 Å². The topological polar surface area (TPSA) is 74.3 Å². The second-order valence-corrected chi connectivity index (χ2v) is 7.90. The van der Waals surface area contributed by atoms with E-state index in [0.29, 0.717) is 12.8 Å². The summed E-state index contributed by atoms with van der Waals surface area (Å²) >= 11 is 0. The maximum Gasteiger partial charge on any atom is 0.350 e. The maximum atomic E-state index is 15.3. The van der Waals surface area contributed by atoms with Crippen molar-refractivity contribution in [2.45, 2.75) is 37.6 Å². The summed E-state index contributed by atoms with van der Waals surface area (Å²) in [5.74, 6) is -5.91.